The predicted molar refractivity (Wildman–Crippen MR) is 116 cm³/mol. The van der Waals surface area contributed by atoms with Crippen molar-refractivity contribution in [1.29, 1.82) is 0 Å². The molecular formula is C22H32N2O8. The summed E-state index contributed by atoms with van der Waals surface area (Å²) in [7, 11) is 0. The third kappa shape index (κ3) is 9.23. The zero-order valence-corrected chi connectivity index (χ0v) is 19.2. The number of amides is 2. The lowest BCUT2D eigenvalue weighted by molar-refractivity contribution is -0.129. The van der Waals surface area contributed by atoms with Crippen LogP contribution in [0, 0.1) is 5.92 Å². The van der Waals surface area contributed by atoms with Crippen LogP contribution < -0.4 is 20.1 Å². The largest absolute Gasteiger partial charge is 0.513 e. The zero-order chi connectivity index (χ0) is 24.1. The summed E-state index contributed by atoms with van der Waals surface area (Å²) in [6.45, 7) is 8.98. The van der Waals surface area contributed by atoms with Gasteiger partial charge in [0.05, 0.1) is 13.2 Å². The Morgan fingerprint density at radius 3 is 2.06 bits per heavy atom. The van der Waals surface area contributed by atoms with Crippen LogP contribution in [-0.2, 0) is 25.5 Å². The van der Waals surface area contributed by atoms with E-state index in [0.29, 0.717) is 12.0 Å². The standard InChI is InChI=1S/C22H32N2O8/c1-6-14(4)19(24-15(5)25)20(26)23-12-11-16-9-10-17(31-21(27)29-7-2)18(13-16)32-22(28)30-8-3/h9-10,13-14,19H,6-8,11-12H2,1-5H3,(H,23,26)(H,24,25)/t14-,19-/m0/s1. The van der Waals surface area contributed by atoms with Crippen LogP contribution in [0.2, 0.25) is 0 Å². The molecule has 0 aliphatic carbocycles. The van der Waals surface area contributed by atoms with Gasteiger partial charge in [-0.3, -0.25) is 9.59 Å². The molecule has 1 aromatic carbocycles. The molecule has 2 atom stereocenters. The van der Waals surface area contributed by atoms with E-state index in [2.05, 4.69) is 10.6 Å². The second kappa shape index (κ2) is 13.9. The lowest BCUT2D eigenvalue weighted by Gasteiger charge is -2.23. The quantitative estimate of drug-likeness (QED) is 0.387. The molecule has 0 fully saturated rings. The maximum absolute atomic E-state index is 12.5. The molecule has 10 nitrogen and oxygen atoms in total. The molecule has 32 heavy (non-hydrogen) atoms. The molecule has 0 unspecified atom stereocenters. The summed E-state index contributed by atoms with van der Waals surface area (Å²) in [5.74, 6) is -0.603. The van der Waals surface area contributed by atoms with E-state index in [9.17, 15) is 19.2 Å². The zero-order valence-electron chi connectivity index (χ0n) is 19.2. The van der Waals surface area contributed by atoms with Gasteiger partial charge in [-0.25, -0.2) is 9.59 Å². The average Bonchev–Trinajstić information content (AvgIpc) is 2.73. The number of ether oxygens (including phenoxy) is 4. The van der Waals surface area contributed by atoms with E-state index in [1.54, 1.807) is 19.9 Å². The Labute approximate surface area is 187 Å². The maximum atomic E-state index is 12.5. The third-order valence-electron chi connectivity index (χ3n) is 4.49. The number of nitrogens with one attached hydrogen (secondary N) is 2. The molecule has 2 amide bonds. The summed E-state index contributed by atoms with van der Waals surface area (Å²) < 4.78 is 19.7. The fourth-order valence-corrected chi connectivity index (χ4v) is 2.71. The van der Waals surface area contributed by atoms with E-state index in [-0.39, 0.29) is 49.0 Å². The Balaban J connectivity index is 2.86. The van der Waals surface area contributed by atoms with Crippen molar-refractivity contribution < 1.29 is 38.1 Å². The monoisotopic (exact) mass is 452 g/mol. The van der Waals surface area contributed by atoms with Gasteiger partial charge in [0.2, 0.25) is 11.8 Å². The minimum absolute atomic E-state index is 0.00761. The summed E-state index contributed by atoms with van der Waals surface area (Å²) in [6, 6.07) is 4.01. The van der Waals surface area contributed by atoms with Gasteiger partial charge in [0, 0.05) is 13.5 Å². The molecule has 0 aliphatic heterocycles. The smallest absolute Gasteiger partial charge is 0.434 e. The van der Waals surface area contributed by atoms with Crippen LogP contribution in [0.15, 0.2) is 18.2 Å². The van der Waals surface area contributed by atoms with Gasteiger partial charge in [0.1, 0.15) is 6.04 Å². The maximum Gasteiger partial charge on any atom is 0.513 e. The van der Waals surface area contributed by atoms with Crippen molar-refractivity contribution in [1.82, 2.24) is 10.6 Å². The first-order valence-corrected chi connectivity index (χ1v) is 10.6. The van der Waals surface area contributed by atoms with Gasteiger partial charge in [-0.15, -0.1) is 0 Å². The summed E-state index contributed by atoms with van der Waals surface area (Å²) in [5.41, 5.74) is 0.709. The number of carbonyl (C=O) groups excluding carboxylic acids is 4. The van der Waals surface area contributed by atoms with Gasteiger partial charge in [-0.2, -0.15) is 0 Å². The first-order chi connectivity index (χ1) is 15.2. The molecule has 10 heteroatoms. The van der Waals surface area contributed by atoms with E-state index < -0.39 is 18.4 Å². The molecule has 2 N–H and O–H groups in total. The molecule has 0 saturated heterocycles. The molecule has 0 heterocycles. The van der Waals surface area contributed by atoms with Crippen molar-refractivity contribution in [2.24, 2.45) is 5.92 Å². The molecule has 0 aliphatic rings. The van der Waals surface area contributed by atoms with E-state index in [1.165, 1.54) is 19.1 Å². The normalized spacial score (nSPS) is 12.2. The highest BCUT2D eigenvalue weighted by molar-refractivity contribution is 5.87. The van der Waals surface area contributed by atoms with Crippen molar-refractivity contribution in [3.05, 3.63) is 23.8 Å². The molecule has 0 aromatic heterocycles. The van der Waals surface area contributed by atoms with Crippen LogP contribution in [0.5, 0.6) is 11.5 Å². The van der Waals surface area contributed by atoms with Gasteiger partial charge in [0.25, 0.3) is 0 Å². The predicted octanol–water partition coefficient (Wildman–Crippen LogP) is 2.97. The van der Waals surface area contributed by atoms with Gasteiger partial charge in [-0.05, 0) is 43.9 Å². The Morgan fingerprint density at radius 2 is 1.53 bits per heavy atom. The lowest BCUT2D eigenvalue weighted by atomic mass is 9.98. The number of hydrogen-bond donors (Lipinski definition) is 2. The first-order valence-electron chi connectivity index (χ1n) is 10.6. The van der Waals surface area contributed by atoms with Crippen molar-refractivity contribution >= 4 is 24.1 Å². The number of carbonyl (C=O) groups is 4. The van der Waals surface area contributed by atoms with E-state index in [0.717, 1.165) is 6.42 Å². The Bertz CT molecular complexity index is 796. The van der Waals surface area contributed by atoms with Gasteiger partial charge < -0.3 is 29.6 Å². The van der Waals surface area contributed by atoms with Gasteiger partial charge >= 0.3 is 12.3 Å². The number of rotatable bonds is 11. The van der Waals surface area contributed by atoms with Crippen LogP contribution in [0.25, 0.3) is 0 Å². The fraction of sp³-hybridized carbons (Fsp3) is 0.545. The third-order valence-corrected chi connectivity index (χ3v) is 4.49. The highest BCUT2D eigenvalue weighted by Gasteiger charge is 2.24. The molecule has 0 bridgehead atoms. The summed E-state index contributed by atoms with van der Waals surface area (Å²) in [6.07, 6.45) is -0.749. The highest BCUT2D eigenvalue weighted by Crippen LogP contribution is 2.29. The number of benzene rings is 1. The molecular weight excluding hydrogens is 420 g/mol. The van der Waals surface area contributed by atoms with Crippen LogP contribution in [0.1, 0.15) is 46.6 Å². The SMILES string of the molecule is CCOC(=O)Oc1ccc(CCNC(=O)[C@@H](NC(C)=O)[C@@H](C)CC)cc1OC(=O)OCC. The Hall–Kier alpha value is -3.30. The second-order valence-corrected chi connectivity index (χ2v) is 6.96. The molecule has 0 saturated carbocycles. The first kappa shape index (κ1) is 26.7. The Morgan fingerprint density at radius 1 is 0.938 bits per heavy atom. The second-order valence-electron chi connectivity index (χ2n) is 6.96. The van der Waals surface area contributed by atoms with Crippen LogP contribution in [0.3, 0.4) is 0 Å². The average molecular weight is 453 g/mol. The molecule has 178 valence electrons. The highest BCUT2D eigenvalue weighted by atomic mass is 16.7. The molecule has 1 rings (SSSR count). The number of hydrogen-bond acceptors (Lipinski definition) is 8. The summed E-state index contributed by atoms with van der Waals surface area (Å²) in [4.78, 5) is 47.3. The van der Waals surface area contributed by atoms with Crippen LogP contribution in [-0.4, -0.2) is 49.9 Å². The van der Waals surface area contributed by atoms with Crippen LogP contribution >= 0.6 is 0 Å². The summed E-state index contributed by atoms with van der Waals surface area (Å²) >= 11 is 0. The van der Waals surface area contributed by atoms with E-state index in [1.807, 2.05) is 13.8 Å². The van der Waals surface area contributed by atoms with Crippen LogP contribution in [0.4, 0.5) is 9.59 Å². The van der Waals surface area contributed by atoms with Gasteiger partial charge in [0.15, 0.2) is 11.5 Å². The molecule has 0 radical (unpaired) electrons. The topological polar surface area (TPSA) is 129 Å². The molecule has 1 aromatic rings. The lowest BCUT2D eigenvalue weighted by Crippen LogP contribution is -2.50. The van der Waals surface area contributed by atoms with Crippen molar-refractivity contribution in [3.63, 3.8) is 0 Å². The van der Waals surface area contributed by atoms with Gasteiger partial charge in [-0.1, -0.05) is 26.3 Å². The van der Waals surface area contributed by atoms with Crippen molar-refractivity contribution in [2.45, 2.75) is 53.5 Å². The fourth-order valence-electron chi connectivity index (χ4n) is 2.71. The van der Waals surface area contributed by atoms with Crippen molar-refractivity contribution in [3.8, 4) is 11.5 Å². The summed E-state index contributed by atoms with van der Waals surface area (Å²) in [5, 5.41) is 5.48. The van der Waals surface area contributed by atoms with E-state index in [4.69, 9.17) is 18.9 Å². The minimum atomic E-state index is -0.946. The minimum Gasteiger partial charge on any atom is -0.434 e. The van der Waals surface area contributed by atoms with Crippen molar-refractivity contribution in [2.75, 3.05) is 19.8 Å². The Kier molecular flexibility index (Phi) is 11.6. The van der Waals surface area contributed by atoms with E-state index >= 15 is 0 Å². The molecule has 0 spiro atoms.